The van der Waals surface area contributed by atoms with Crippen molar-refractivity contribution >= 4 is 23.2 Å². The Labute approximate surface area is 164 Å². The van der Waals surface area contributed by atoms with Crippen molar-refractivity contribution in [2.75, 3.05) is 20.7 Å². The number of methoxy groups -OCH3 is 1. The standard InChI is InChI=1S/C19H27N5O2S/c1-5-21-19(22-10-14-7-6-8-15(9-14)17(20)25)24(3)11-16-12-27-18(23-16)13(2)26-4/h6-9,12-13H,5,10-11H2,1-4H3,(H2,20,25)(H,21,22). The van der Waals surface area contributed by atoms with E-state index in [-0.39, 0.29) is 6.10 Å². The molecule has 146 valence electrons. The molecule has 2 aromatic rings. The maximum absolute atomic E-state index is 11.3. The minimum Gasteiger partial charge on any atom is -0.375 e. The Morgan fingerprint density at radius 1 is 1.48 bits per heavy atom. The topological polar surface area (TPSA) is 92.8 Å². The van der Waals surface area contributed by atoms with Gasteiger partial charge in [-0.25, -0.2) is 9.98 Å². The van der Waals surface area contributed by atoms with Crippen LogP contribution in [-0.4, -0.2) is 42.5 Å². The van der Waals surface area contributed by atoms with E-state index in [0.29, 0.717) is 18.7 Å². The quantitative estimate of drug-likeness (QED) is 0.535. The fourth-order valence-corrected chi connectivity index (χ4v) is 3.30. The number of hydrogen-bond acceptors (Lipinski definition) is 5. The van der Waals surface area contributed by atoms with Gasteiger partial charge in [-0.15, -0.1) is 11.3 Å². The van der Waals surface area contributed by atoms with Gasteiger partial charge >= 0.3 is 0 Å². The lowest BCUT2D eigenvalue weighted by Crippen LogP contribution is -2.38. The number of hydrogen-bond donors (Lipinski definition) is 2. The van der Waals surface area contributed by atoms with Crippen LogP contribution in [0.4, 0.5) is 0 Å². The fraction of sp³-hybridized carbons (Fsp3) is 0.421. The number of carbonyl (C=O) groups excluding carboxylic acids is 1. The van der Waals surface area contributed by atoms with E-state index in [4.69, 9.17) is 10.5 Å². The van der Waals surface area contributed by atoms with Crippen LogP contribution in [0.3, 0.4) is 0 Å². The first-order valence-electron chi connectivity index (χ1n) is 8.79. The molecule has 2 rings (SSSR count). The minimum atomic E-state index is -0.436. The van der Waals surface area contributed by atoms with E-state index in [1.165, 1.54) is 0 Å². The summed E-state index contributed by atoms with van der Waals surface area (Å²) >= 11 is 1.60. The van der Waals surface area contributed by atoms with E-state index in [1.807, 2.05) is 43.3 Å². The van der Waals surface area contributed by atoms with Crippen molar-refractivity contribution in [3.05, 3.63) is 51.5 Å². The van der Waals surface area contributed by atoms with Crippen LogP contribution in [0.25, 0.3) is 0 Å². The van der Waals surface area contributed by atoms with Gasteiger partial charge in [0.05, 0.1) is 18.8 Å². The van der Waals surface area contributed by atoms with Crippen LogP contribution in [-0.2, 0) is 17.8 Å². The molecule has 0 aliphatic rings. The molecule has 0 saturated carbocycles. The van der Waals surface area contributed by atoms with E-state index in [2.05, 4.69) is 15.3 Å². The molecule has 0 aliphatic carbocycles. The first-order chi connectivity index (χ1) is 12.9. The maximum atomic E-state index is 11.3. The summed E-state index contributed by atoms with van der Waals surface area (Å²) in [6, 6.07) is 7.22. The molecule has 1 amide bonds. The molecule has 7 nitrogen and oxygen atoms in total. The first-order valence-corrected chi connectivity index (χ1v) is 9.67. The van der Waals surface area contributed by atoms with Gasteiger partial charge in [-0.05, 0) is 31.5 Å². The third-order valence-corrected chi connectivity index (χ3v) is 5.04. The molecule has 0 aliphatic heterocycles. The molecule has 1 aromatic heterocycles. The second-order valence-electron chi connectivity index (χ2n) is 6.15. The number of primary amides is 1. The SMILES string of the molecule is CCNC(=NCc1cccc(C(N)=O)c1)N(C)Cc1csc(C(C)OC)n1. The zero-order valence-corrected chi connectivity index (χ0v) is 17.0. The van der Waals surface area contributed by atoms with Crippen molar-refractivity contribution in [2.45, 2.75) is 33.0 Å². The van der Waals surface area contributed by atoms with Gasteiger partial charge in [0.25, 0.3) is 0 Å². The molecule has 0 bridgehead atoms. The lowest BCUT2D eigenvalue weighted by Gasteiger charge is -2.21. The molecule has 1 unspecified atom stereocenters. The van der Waals surface area contributed by atoms with Crippen molar-refractivity contribution in [1.29, 1.82) is 0 Å². The predicted octanol–water partition coefficient (Wildman–Crippen LogP) is 2.55. The number of nitrogens with two attached hydrogens (primary N) is 1. The molecule has 1 aromatic carbocycles. The van der Waals surface area contributed by atoms with E-state index in [0.717, 1.165) is 28.8 Å². The molecule has 0 saturated heterocycles. The van der Waals surface area contributed by atoms with Gasteiger partial charge in [-0.3, -0.25) is 4.79 Å². The Morgan fingerprint density at radius 2 is 2.26 bits per heavy atom. The highest BCUT2D eigenvalue weighted by Crippen LogP contribution is 2.21. The van der Waals surface area contributed by atoms with E-state index >= 15 is 0 Å². The number of amides is 1. The largest absolute Gasteiger partial charge is 0.375 e. The summed E-state index contributed by atoms with van der Waals surface area (Å²) in [5.74, 6) is 0.339. The second-order valence-corrected chi connectivity index (χ2v) is 7.04. The van der Waals surface area contributed by atoms with Crippen molar-refractivity contribution in [2.24, 2.45) is 10.7 Å². The van der Waals surface area contributed by atoms with Crippen LogP contribution in [0.15, 0.2) is 34.6 Å². The van der Waals surface area contributed by atoms with E-state index < -0.39 is 5.91 Å². The molecule has 0 fully saturated rings. The third kappa shape index (κ3) is 6.04. The number of thiazole rings is 1. The summed E-state index contributed by atoms with van der Waals surface area (Å²) in [5, 5.41) is 6.29. The van der Waals surface area contributed by atoms with Crippen LogP contribution in [0.1, 0.15) is 46.6 Å². The zero-order chi connectivity index (χ0) is 19.8. The highest BCUT2D eigenvalue weighted by atomic mass is 32.1. The van der Waals surface area contributed by atoms with Crippen LogP contribution in [0, 0.1) is 0 Å². The summed E-state index contributed by atoms with van der Waals surface area (Å²) in [4.78, 5) is 22.7. The van der Waals surface area contributed by atoms with Crippen LogP contribution in [0.2, 0.25) is 0 Å². The van der Waals surface area contributed by atoms with Gasteiger partial charge in [-0.1, -0.05) is 12.1 Å². The second kappa shape index (κ2) is 10.0. The van der Waals surface area contributed by atoms with Crippen LogP contribution >= 0.6 is 11.3 Å². The summed E-state index contributed by atoms with van der Waals surface area (Å²) in [6.45, 7) is 5.86. The van der Waals surface area contributed by atoms with Gasteiger partial charge in [0.2, 0.25) is 5.91 Å². The maximum Gasteiger partial charge on any atom is 0.248 e. The number of aromatic nitrogens is 1. The summed E-state index contributed by atoms with van der Waals surface area (Å²) < 4.78 is 5.32. The molecule has 0 spiro atoms. The van der Waals surface area contributed by atoms with E-state index in [9.17, 15) is 4.79 Å². The van der Waals surface area contributed by atoms with Gasteiger partial charge in [0.15, 0.2) is 5.96 Å². The molecule has 27 heavy (non-hydrogen) atoms. The molecule has 3 N–H and O–H groups in total. The average molecular weight is 390 g/mol. The highest BCUT2D eigenvalue weighted by Gasteiger charge is 2.12. The summed E-state index contributed by atoms with van der Waals surface area (Å²) in [6.07, 6.45) is -0.00603. The number of rotatable bonds is 8. The van der Waals surface area contributed by atoms with Crippen molar-refractivity contribution in [3.8, 4) is 0 Å². The van der Waals surface area contributed by atoms with Gasteiger partial charge < -0.3 is 20.7 Å². The van der Waals surface area contributed by atoms with E-state index in [1.54, 1.807) is 30.6 Å². The van der Waals surface area contributed by atoms with Crippen molar-refractivity contribution < 1.29 is 9.53 Å². The van der Waals surface area contributed by atoms with Crippen LogP contribution in [0.5, 0.6) is 0 Å². The first kappa shape index (κ1) is 20.9. The summed E-state index contributed by atoms with van der Waals surface area (Å²) in [5.41, 5.74) is 7.74. The number of benzene rings is 1. The lowest BCUT2D eigenvalue weighted by molar-refractivity contribution is 0.1000. The Kier molecular flexibility index (Phi) is 7.75. The third-order valence-electron chi connectivity index (χ3n) is 3.99. The minimum absolute atomic E-state index is 0.00603. The number of nitrogens with one attached hydrogen (secondary N) is 1. The molecule has 1 heterocycles. The molecule has 1 atom stereocenters. The molecule has 0 radical (unpaired) electrons. The average Bonchev–Trinajstić information content (AvgIpc) is 3.13. The normalized spacial score (nSPS) is 12.7. The van der Waals surface area contributed by atoms with Gasteiger partial charge in [-0.2, -0.15) is 0 Å². The monoisotopic (exact) mass is 389 g/mol. The van der Waals surface area contributed by atoms with Gasteiger partial charge in [0.1, 0.15) is 11.1 Å². The lowest BCUT2D eigenvalue weighted by atomic mass is 10.1. The number of nitrogens with zero attached hydrogens (tertiary/aromatic N) is 3. The smallest absolute Gasteiger partial charge is 0.248 e. The Morgan fingerprint density at radius 3 is 2.93 bits per heavy atom. The highest BCUT2D eigenvalue weighted by molar-refractivity contribution is 7.09. The van der Waals surface area contributed by atoms with Gasteiger partial charge in [0, 0.05) is 31.6 Å². The fourth-order valence-electron chi connectivity index (χ4n) is 2.46. The Bertz CT molecular complexity index is 790. The molecule has 8 heteroatoms. The van der Waals surface area contributed by atoms with Crippen LogP contribution < -0.4 is 11.1 Å². The number of carbonyl (C=O) groups is 1. The number of aliphatic imine (C=N–C) groups is 1. The number of ether oxygens (including phenoxy) is 1. The van der Waals surface area contributed by atoms with Crippen molar-refractivity contribution in [1.82, 2.24) is 15.2 Å². The number of guanidine groups is 1. The Hall–Kier alpha value is -2.45. The molecular formula is C19H27N5O2S. The van der Waals surface area contributed by atoms with Crippen molar-refractivity contribution in [3.63, 3.8) is 0 Å². The summed E-state index contributed by atoms with van der Waals surface area (Å²) in [7, 11) is 3.65. The molecular weight excluding hydrogens is 362 g/mol. The predicted molar refractivity (Wildman–Crippen MR) is 109 cm³/mol. The Balaban J connectivity index is 2.08. The zero-order valence-electron chi connectivity index (χ0n) is 16.2.